The Morgan fingerprint density at radius 3 is 2.94 bits per heavy atom. The molecule has 1 aromatic carbocycles. The molecule has 0 unspecified atom stereocenters. The van der Waals surface area contributed by atoms with Crippen molar-refractivity contribution in [2.45, 2.75) is 26.3 Å². The van der Waals surface area contributed by atoms with Crippen LogP contribution >= 0.6 is 11.6 Å². The second kappa shape index (κ2) is 3.14. The molecule has 3 rings (SSSR count). The van der Waals surface area contributed by atoms with Gasteiger partial charge in [-0.05, 0) is 30.4 Å². The van der Waals surface area contributed by atoms with Crippen molar-refractivity contribution in [3.63, 3.8) is 0 Å². The van der Waals surface area contributed by atoms with Crippen LogP contribution in [0, 0.1) is 5.41 Å². The minimum atomic E-state index is 0.407. The summed E-state index contributed by atoms with van der Waals surface area (Å²) in [6, 6.07) is 5.81. The predicted octanol–water partition coefficient (Wildman–Crippen LogP) is 3.07. The van der Waals surface area contributed by atoms with E-state index in [1.165, 1.54) is 12.8 Å². The quantitative estimate of drug-likeness (QED) is 0.870. The molecule has 1 saturated carbocycles. The minimum absolute atomic E-state index is 0.407. The van der Waals surface area contributed by atoms with Crippen molar-refractivity contribution < 1.29 is 0 Å². The van der Waals surface area contributed by atoms with E-state index in [1.54, 1.807) is 0 Å². The number of fused-ring (bicyclic) bond motifs is 1. The Hall–Kier alpha value is -1.22. The summed E-state index contributed by atoms with van der Waals surface area (Å²) >= 11 is 6.10. The Bertz CT molecular complexity index is 555. The highest BCUT2D eigenvalue weighted by Crippen LogP contribution is 2.47. The van der Waals surface area contributed by atoms with Gasteiger partial charge in [0.05, 0.1) is 10.5 Å². The molecule has 1 heterocycles. The van der Waals surface area contributed by atoms with E-state index >= 15 is 0 Å². The number of nitrogen functional groups attached to an aromatic ring is 1. The SMILES string of the molecule is CC1(Cn2c(N)nc3c(Cl)cccc32)CC1. The second-order valence-electron chi connectivity index (χ2n) is 4.97. The van der Waals surface area contributed by atoms with Crippen molar-refractivity contribution in [1.29, 1.82) is 0 Å². The van der Waals surface area contributed by atoms with E-state index in [4.69, 9.17) is 17.3 Å². The van der Waals surface area contributed by atoms with Gasteiger partial charge in [-0.2, -0.15) is 0 Å². The van der Waals surface area contributed by atoms with Gasteiger partial charge < -0.3 is 10.3 Å². The van der Waals surface area contributed by atoms with Crippen LogP contribution in [0.2, 0.25) is 5.02 Å². The summed E-state index contributed by atoms with van der Waals surface area (Å²) in [6.07, 6.45) is 2.54. The molecule has 4 heteroatoms. The van der Waals surface area contributed by atoms with Crippen molar-refractivity contribution in [2.24, 2.45) is 5.41 Å². The third kappa shape index (κ3) is 1.47. The molecular formula is C12H14ClN3. The summed E-state index contributed by atoms with van der Waals surface area (Å²) in [5.74, 6) is 0.566. The van der Waals surface area contributed by atoms with Gasteiger partial charge in [-0.3, -0.25) is 0 Å². The van der Waals surface area contributed by atoms with Crippen LogP contribution in [0.3, 0.4) is 0 Å². The molecule has 1 fully saturated rings. The summed E-state index contributed by atoms with van der Waals surface area (Å²) in [6.45, 7) is 3.22. The number of nitrogens with two attached hydrogens (primary N) is 1. The molecule has 0 spiro atoms. The molecule has 2 aromatic rings. The first-order valence-electron chi connectivity index (χ1n) is 5.49. The molecule has 1 aliphatic carbocycles. The first-order valence-corrected chi connectivity index (χ1v) is 5.87. The lowest BCUT2D eigenvalue weighted by Crippen LogP contribution is -2.10. The van der Waals surface area contributed by atoms with Crippen LogP contribution in [0.4, 0.5) is 5.95 Å². The number of halogens is 1. The van der Waals surface area contributed by atoms with Gasteiger partial charge in [0.15, 0.2) is 0 Å². The van der Waals surface area contributed by atoms with E-state index < -0.39 is 0 Å². The number of hydrogen-bond acceptors (Lipinski definition) is 2. The first-order chi connectivity index (χ1) is 7.59. The number of para-hydroxylation sites is 1. The fourth-order valence-corrected chi connectivity index (χ4v) is 2.26. The number of benzene rings is 1. The number of aromatic nitrogens is 2. The van der Waals surface area contributed by atoms with Gasteiger partial charge in [0.25, 0.3) is 0 Å². The van der Waals surface area contributed by atoms with Crippen molar-refractivity contribution >= 4 is 28.6 Å². The Kier molecular flexibility index (Phi) is 1.96. The van der Waals surface area contributed by atoms with Gasteiger partial charge in [0, 0.05) is 6.54 Å². The molecular weight excluding hydrogens is 222 g/mol. The molecule has 0 atom stereocenters. The largest absolute Gasteiger partial charge is 0.369 e. The molecule has 1 aliphatic rings. The maximum Gasteiger partial charge on any atom is 0.201 e. The Labute approximate surface area is 99.2 Å². The lowest BCUT2D eigenvalue weighted by atomic mass is 10.1. The fourth-order valence-electron chi connectivity index (χ4n) is 2.05. The molecule has 0 amide bonds. The molecule has 84 valence electrons. The van der Waals surface area contributed by atoms with Crippen molar-refractivity contribution in [2.75, 3.05) is 5.73 Å². The van der Waals surface area contributed by atoms with Crippen LogP contribution in [0.25, 0.3) is 11.0 Å². The Morgan fingerprint density at radius 1 is 1.50 bits per heavy atom. The predicted molar refractivity (Wildman–Crippen MR) is 66.5 cm³/mol. The number of nitrogens with zero attached hydrogens (tertiary/aromatic N) is 2. The van der Waals surface area contributed by atoms with Gasteiger partial charge in [-0.25, -0.2) is 4.98 Å². The fraction of sp³-hybridized carbons (Fsp3) is 0.417. The zero-order valence-corrected chi connectivity index (χ0v) is 9.96. The highest BCUT2D eigenvalue weighted by atomic mass is 35.5. The Morgan fingerprint density at radius 2 is 2.25 bits per heavy atom. The molecule has 1 aromatic heterocycles. The van der Waals surface area contributed by atoms with E-state index in [1.807, 2.05) is 18.2 Å². The maximum atomic E-state index is 6.10. The molecule has 3 nitrogen and oxygen atoms in total. The van der Waals surface area contributed by atoms with E-state index in [0.29, 0.717) is 16.4 Å². The zero-order chi connectivity index (χ0) is 11.3. The zero-order valence-electron chi connectivity index (χ0n) is 9.20. The Balaban J connectivity index is 2.15. The van der Waals surface area contributed by atoms with Crippen LogP contribution < -0.4 is 5.73 Å². The maximum absolute atomic E-state index is 6.10. The van der Waals surface area contributed by atoms with Gasteiger partial charge >= 0.3 is 0 Å². The van der Waals surface area contributed by atoms with Crippen molar-refractivity contribution in [3.8, 4) is 0 Å². The molecule has 0 radical (unpaired) electrons. The average molecular weight is 236 g/mol. The number of rotatable bonds is 2. The van der Waals surface area contributed by atoms with E-state index in [9.17, 15) is 0 Å². The van der Waals surface area contributed by atoms with Gasteiger partial charge in [0.2, 0.25) is 5.95 Å². The molecule has 2 N–H and O–H groups in total. The van der Waals surface area contributed by atoms with Crippen LogP contribution in [-0.4, -0.2) is 9.55 Å². The van der Waals surface area contributed by atoms with Crippen molar-refractivity contribution in [3.05, 3.63) is 23.2 Å². The third-order valence-corrected chi connectivity index (χ3v) is 3.71. The number of hydrogen-bond donors (Lipinski definition) is 1. The monoisotopic (exact) mass is 235 g/mol. The minimum Gasteiger partial charge on any atom is -0.369 e. The molecule has 0 saturated heterocycles. The summed E-state index contributed by atoms with van der Waals surface area (Å²) in [5.41, 5.74) is 8.21. The topological polar surface area (TPSA) is 43.8 Å². The van der Waals surface area contributed by atoms with Gasteiger partial charge in [-0.1, -0.05) is 24.6 Å². The number of anilines is 1. The lowest BCUT2D eigenvalue weighted by Gasteiger charge is -2.11. The molecule has 0 aliphatic heterocycles. The van der Waals surface area contributed by atoms with Crippen molar-refractivity contribution in [1.82, 2.24) is 9.55 Å². The standard InChI is InChI=1S/C12H14ClN3/c1-12(5-6-12)7-16-9-4-2-3-8(13)10(9)15-11(16)14/h2-4H,5-7H2,1H3,(H2,14,15). The van der Waals surface area contributed by atoms with Gasteiger partial charge in [-0.15, -0.1) is 0 Å². The van der Waals surface area contributed by atoms with Gasteiger partial charge in [0.1, 0.15) is 5.52 Å². The van der Waals surface area contributed by atoms with Crippen LogP contribution in [-0.2, 0) is 6.54 Å². The normalized spacial score (nSPS) is 17.9. The smallest absolute Gasteiger partial charge is 0.201 e. The highest BCUT2D eigenvalue weighted by molar-refractivity contribution is 6.35. The first kappa shape index (κ1) is 9.97. The summed E-state index contributed by atoms with van der Waals surface area (Å²) in [4.78, 5) is 4.33. The summed E-state index contributed by atoms with van der Waals surface area (Å²) < 4.78 is 2.08. The summed E-state index contributed by atoms with van der Waals surface area (Å²) in [7, 11) is 0. The highest BCUT2D eigenvalue weighted by Gasteiger charge is 2.38. The van der Waals surface area contributed by atoms with E-state index in [-0.39, 0.29) is 0 Å². The third-order valence-electron chi connectivity index (χ3n) is 3.40. The second-order valence-corrected chi connectivity index (χ2v) is 5.38. The lowest BCUT2D eigenvalue weighted by molar-refractivity contribution is 0.476. The molecule has 0 bridgehead atoms. The summed E-state index contributed by atoms with van der Waals surface area (Å²) in [5, 5.41) is 0.670. The molecule has 16 heavy (non-hydrogen) atoms. The number of imidazole rings is 1. The average Bonchev–Trinajstić information content (AvgIpc) is 2.88. The van der Waals surface area contributed by atoms with E-state index in [2.05, 4.69) is 16.5 Å². The van der Waals surface area contributed by atoms with Crippen LogP contribution in [0.15, 0.2) is 18.2 Å². The van der Waals surface area contributed by atoms with E-state index in [0.717, 1.165) is 17.6 Å². The van der Waals surface area contributed by atoms with Crippen LogP contribution in [0.5, 0.6) is 0 Å². The van der Waals surface area contributed by atoms with Crippen LogP contribution in [0.1, 0.15) is 19.8 Å².